The first-order chi connectivity index (χ1) is 30.6. The molecular formula is C44H46F3N11O5. The number of likely N-dealkylation sites (tertiary alicyclic amines) is 1. The Morgan fingerprint density at radius 2 is 1.90 bits per heavy atom. The van der Waals surface area contributed by atoms with Crippen LogP contribution in [0.2, 0.25) is 0 Å². The van der Waals surface area contributed by atoms with Crippen LogP contribution in [0.3, 0.4) is 0 Å². The van der Waals surface area contributed by atoms with Crippen molar-refractivity contribution in [1.82, 2.24) is 39.6 Å². The Hall–Kier alpha value is -6.10. The van der Waals surface area contributed by atoms with Crippen LogP contribution >= 0.6 is 0 Å². The number of pyridine rings is 1. The van der Waals surface area contributed by atoms with E-state index in [1.165, 1.54) is 21.8 Å². The number of nitrogens with zero attached hydrogens (tertiary/aromatic N) is 9. The number of hydrogen-bond donors (Lipinski definition) is 2. The maximum absolute atomic E-state index is 15.4. The largest absolute Gasteiger partial charge is 0.374 e. The number of hydrogen-bond acceptors (Lipinski definition) is 11. The zero-order valence-electron chi connectivity index (χ0n) is 34.3. The first-order valence-corrected chi connectivity index (χ1v) is 21.5. The first-order valence-electron chi connectivity index (χ1n) is 21.5. The number of anilines is 3. The lowest BCUT2D eigenvalue weighted by atomic mass is 9.85. The molecule has 328 valence electrons. The number of benzene rings is 1. The lowest BCUT2D eigenvalue weighted by Gasteiger charge is -2.38. The molecular weight excluding hydrogens is 820 g/mol. The smallest absolute Gasteiger partial charge is 0.328 e. The summed E-state index contributed by atoms with van der Waals surface area (Å²) in [6.07, 6.45) is 8.17. The number of morpholine rings is 1. The first kappa shape index (κ1) is 40.9. The number of amides is 4. The molecule has 0 unspecified atom stereocenters. The molecule has 0 spiro atoms. The predicted molar refractivity (Wildman–Crippen MR) is 224 cm³/mol. The average molecular weight is 866 g/mol. The fourth-order valence-electron chi connectivity index (χ4n) is 9.73. The third-order valence-electron chi connectivity index (χ3n) is 13.0. The summed E-state index contributed by atoms with van der Waals surface area (Å²) in [7, 11) is 0. The Balaban J connectivity index is 0.705. The number of halogens is 3. The van der Waals surface area contributed by atoms with Crippen molar-refractivity contribution in [3.8, 4) is 11.8 Å². The van der Waals surface area contributed by atoms with Crippen LogP contribution in [0, 0.1) is 17.8 Å². The van der Waals surface area contributed by atoms with Crippen LogP contribution in [-0.4, -0.2) is 122 Å². The van der Waals surface area contributed by atoms with Gasteiger partial charge in [-0.05, 0) is 56.6 Å². The Labute approximate surface area is 360 Å². The molecule has 5 aliphatic rings. The molecule has 10 rings (SSSR count). The van der Waals surface area contributed by atoms with Gasteiger partial charge in [0, 0.05) is 74.1 Å². The van der Waals surface area contributed by atoms with E-state index in [0.29, 0.717) is 61.0 Å². The zero-order valence-corrected chi connectivity index (χ0v) is 34.3. The van der Waals surface area contributed by atoms with Gasteiger partial charge in [-0.2, -0.15) is 10.2 Å². The van der Waals surface area contributed by atoms with Crippen molar-refractivity contribution < 1.29 is 37.0 Å². The van der Waals surface area contributed by atoms with E-state index in [9.17, 15) is 23.2 Å². The SMILES string of the molecule is O=C1CCN(c2cncc3c(C#CCO[C@H]4CCN(CC5CCC(n6cc(NC(=O)c7cnn8ccc(N9C[C@H]%10C[C@@H]9CO%10)nc78)c(C(F)F)n6)CC5)C[C@H]4F)cccc23)C(=O)N1. The third kappa shape index (κ3) is 8.30. The highest BCUT2D eigenvalue weighted by Gasteiger charge is 2.40. The minimum Gasteiger partial charge on any atom is -0.374 e. The van der Waals surface area contributed by atoms with E-state index in [0.717, 1.165) is 43.1 Å². The van der Waals surface area contributed by atoms with Gasteiger partial charge in [-0.15, -0.1) is 0 Å². The highest BCUT2D eigenvalue weighted by molar-refractivity contribution is 6.10. The number of nitrogens with one attached hydrogen (secondary N) is 2. The van der Waals surface area contributed by atoms with Gasteiger partial charge < -0.3 is 19.7 Å². The lowest BCUT2D eigenvalue weighted by molar-refractivity contribution is -0.120. The highest BCUT2D eigenvalue weighted by atomic mass is 19.3. The second-order valence-corrected chi connectivity index (χ2v) is 17.0. The van der Waals surface area contributed by atoms with Gasteiger partial charge in [-0.3, -0.25) is 34.4 Å². The minimum absolute atomic E-state index is 0.0449. The number of alkyl halides is 3. The highest BCUT2D eigenvalue weighted by Crippen LogP contribution is 2.37. The summed E-state index contributed by atoms with van der Waals surface area (Å²) in [5, 5.41) is 15.1. The molecule has 2 N–H and O–H groups in total. The summed E-state index contributed by atoms with van der Waals surface area (Å²) < 4.78 is 58.7. The van der Waals surface area contributed by atoms with Gasteiger partial charge in [-0.1, -0.05) is 24.0 Å². The summed E-state index contributed by atoms with van der Waals surface area (Å²) in [4.78, 5) is 52.5. The van der Waals surface area contributed by atoms with Crippen LogP contribution in [0.4, 0.5) is 35.2 Å². The molecule has 4 atom stereocenters. The van der Waals surface area contributed by atoms with E-state index < -0.39 is 36.3 Å². The molecule has 0 radical (unpaired) electrons. The molecule has 1 aromatic carbocycles. The van der Waals surface area contributed by atoms with Gasteiger partial charge in [-0.25, -0.2) is 27.5 Å². The van der Waals surface area contributed by atoms with Gasteiger partial charge in [0.15, 0.2) is 11.3 Å². The van der Waals surface area contributed by atoms with E-state index in [-0.39, 0.29) is 61.5 Å². The normalized spacial score (nSPS) is 25.2. The van der Waals surface area contributed by atoms with E-state index >= 15 is 4.39 Å². The fraction of sp³-hybridized carbons (Fsp3) is 0.477. The molecule has 4 saturated heterocycles. The number of piperidine rings is 1. The molecule has 63 heavy (non-hydrogen) atoms. The van der Waals surface area contributed by atoms with Crippen LogP contribution in [0.5, 0.6) is 0 Å². The van der Waals surface area contributed by atoms with Crippen molar-refractivity contribution in [2.75, 3.05) is 61.1 Å². The van der Waals surface area contributed by atoms with E-state index in [2.05, 4.69) is 47.5 Å². The number of imide groups is 1. The number of aromatic nitrogens is 6. The van der Waals surface area contributed by atoms with Crippen molar-refractivity contribution in [2.24, 2.45) is 5.92 Å². The van der Waals surface area contributed by atoms with Crippen LogP contribution in [0.15, 0.2) is 55.2 Å². The Morgan fingerprint density at radius 1 is 1.03 bits per heavy atom. The molecule has 16 nitrogen and oxygen atoms in total. The summed E-state index contributed by atoms with van der Waals surface area (Å²) in [6, 6.07) is 7.04. The quantitative estimate of drug-likeness (QED) is 0.175. The predicted octanol–water partition coefficient (Wildman–Crippen LogP) is 5.30. The summed E-state index contributed by atoms with van der Waals surface area (Å²) >= 11 is 0. The molecule has 5 aromatic rings. The Morgan fingerprint density at radius 3 is 2.68 bits per heavy atom. The number of ether oxygens (including phenoxy) is 2. The van der Waals surface area contributed by atoms with E-state index in [1.807, 2.05) is 24.3 Å². The van der Waals surface area contributed by atoms with Crippen LogP contribution in [0.25, 0.3) is 16.4 Å². The van der Waals surface area contributed by atoms with Gasteiger partial charge in [0.25, 0.3) is 12.3 Å². The van der Waals surface area contributed by atoms with Gasteiger partial charge >= 0.3 is 6.03 Å². The zero-order chi connectivity index (χ0) is 43.2. The molecule has 8 heterocycles. The standard InChI is InChI=1S/C44H46F3N11O5/c45-34-23-54(13-10-37(34)62-16-2-4-27-3-1-5-31-32(27)18-48-20-36(31)55-14-12-39(59)52-44(55)61)21-26-6-8-28(9-7-26)58-24-35(40(53-58)41(46)47)50-43(60)33-19-49-57-15-11-38(51-42(33)57)56-22-30-17-29(56)25-63-30/h1,3,5,11,15,18-20,24,26,28-30,34,37,41H,6-10,12-14,16-17,21-23,25H2,(H,50,60)(H,52,59,61)/t26?,28?,29-,30-,34-,37+/m1/s1. The molecule has 1 saturated carbocycles. The third-order valence-corrected chi connectivity index (χ3v) is 13.0. The second-order valence-electron chi connectivity index (χ2n) is 17.0. The van der Waals surface area contributed by atoms with E-state index in [1.54, 1.807) is 23.3 Å². The van der Waals surface area contributed by atoms with E-state index in [4.69, 9.17) is 14.5 Å². The Kier molecular flexibility index (Phi) is 11.2. The molecule has 4 aliphatic heterocycles. The molecule has 4 amide bonds. The Bertz CT molecular complexity index is 2620. The maximum atomic E-state index is 15.4. The molecule has 4 aromatic heterocycles. The molecule has 19 heteroatoms. The number of rotatable bonds is 10. The summed E-state index contributed by atoms with van der Waals surface area (Å²) in [5.74, 6) is 6.26. The van der Waals surface area contributed by atoms with Crippen molar-refractivity contribution in [3.05, 3.63) is 72.1 Å². The number of carbonyl (C=O) groups is 3. The number of carbonyl (C=O) groups excluding carboxylic acids is 3. The van der Waals surface area contributed by atoms with Crippen LogP contribution < -0.4 is 20.4 Å². The molecule has 2 bridgehead atoms. The minimum atomic E-state index is -2.89. The topological polar surface area (TPSA) is 164 Å². The lowest BCUT2D eigenvalue weighted by Crippen LogP contribution is -2.49. The summed E-state index contributed by atoms with van der Waals surface area (Å²) in [5.41, 5.74) is 1.25. The average Bonchev–Trinajstić information content (AvgIpc) is 4.11. The van der Waals surface area contributed by atoms with Crippen molar-refractivity contribution in [2.45, 2.75) is 81.8 Å². The number of fused-ring (bicyclic) bond motifs is 4. The van der Waals surface area contributed by atoms with Crippen molar-refractivity contribution in [3.63, 3.8) is 0 Å². The van der Waals surface area contributed by atoms with Gasteiger partial charge in [0.05, 0.1) is 54.7 Å². The summed E-state index contributed by atoms with van der Waals surface area (Å²) in [6.45, 7) is 3.33. The van der Waals surface area contributed by atoms with Gasteiger partial charge in [0.2, 0.25) is 5.91 Å². The van der Waals surface area contributed by atoms with Crippen molar-refractivity contribution in [1.29, 1.82) is 0 Å². The van der Waals surface area contributed by atoms with Crippen LogP contribution in [0.1, 0.15) is 79.0 Å². The molecule has 1 aliphatic carbocycles. The van der Waals surface area contributed by atoms with Gasteiger partial charge in [0.1, 0.15) is 24.2 Å². The molecule has 5 fully saturated rings. The van der Waals surface area contributed by atoms with Crippen LogP contribution in [-0.2, 0) is 14.3 Å². The number of urea groups is 1. The monoisotopic (exact) mass is 865 g/mol. The fourth-order valence-corrected chi connectivity index (χ4v) is 9.73. The maximum Gasteiger partial charge on any atom is 0.328 e. The van der Waals surface area contributed by atoms with Crippen molar-refractivity contribution >= 4 is 51.5 Å². The second kappa shape index (κ2) is 17.2.